The number of pyridine rings is 1. The molecule has 3 N–H and O–H groups in total. The Hall–Kier alpha value is -1.14. The number of nitrogens with zero attached hydrogens (tertiary/aromatic N) is 1. The number of hydrogen-bond donors (Lipinski definition) is 2. The Morgan fingerprint density at radius 2 is 2.00 bits per heavy atom. The summed E-state index contributed by atoms with van der Waals surface area (Å²) in [6.07, 6.45) is 1.62. The number of rotatable bonds is 2. The van der Waals surface area contributed by atoms with E-state index in [0.717, 1.165) is 4.47 Å². The van der Waals surface area contributed by atoms with Crippen LogP contribution in [0.15, 0.2) is 39.4 Å². The van der Waals surface area contributed by atoms with E-state index in [9.17, 15) is 4.39 Å². The maximum absolute atomic E-state index is 13.3. The summed E-state index contributed by atoms with van der Waals surface area (Å²) in [5.74, 6) is 0.153. The van der Waals surface area contributed by atoms with Crippen LogP contribution in [0, 0.1) is 5.82 Å². The molecule has 0 saturated carbocycles. The van der Waals surface area contributed by atoms with Crippen molar-refractivity contribution in [2.75, 3.05) is 11.1 Å². The van der Waals surface area contributed by atoms with Crippen molar-refractivity contribution in [2.45, 2.75) is 0 Å². The number of halogens is 3. The van der Waals surface area contributed by atoms with Crippen molar-refractivity contribution in [3.63, 3.8) is 0 Å². The number of anilines is 3. The lowest BCUT2D eigenvalue weighted by Crippen LogP contribution is -1.99. The van der Waals surface area contributed by atoms with Gasteiger partial charge in [-0.3, -0.25) is 0 Å². The standard InChI is InChI=1S/C11H8Br2FN3/c12-6-3-10(15)11(16-5-6)17-7-1-2-8(13)9(14)4-7/h1-5H,15H2,(H,16,17). The van der Waals surface area contributed by atoms with Crippen molar-refractivity contribution < 1.29 is 4.39 Å². The molecule has 0 aliphatic carbocycles. The fraction of sp³-hybridized carbons (Fsp3) is 0. The topological polar surface area (TPSA) is 50.9 Å². The number of nitrogen functional groups attached to an aromatic ring is 1. The summed E-state index contributed by atoms with van der Waals surface area (Å²) in [6, 6.07) is 6.45. The van der Waals surface area contributed by atoms with Gasteiger partial charge in [0.15, 0.2) is 5.82 Å². The summed E-state index contributed by atoms with van der Waals surface area (Å²) in [5.41, 5.74) is 6.86. The van der Waals surface area contributed by atoms with Crippen molar-refractivity contribution in [3.05, 3.63) is 45.2 Å². The van der Waals surface area contributed by atoms with Crippen molar-refractivity contribution in [1.29, 1.82) is 0 Å². The molecule has 6 heteroatoms. The van der Waals surface area contributed by atoms with E-state index in [2.05, 4.69) is 42.2 Å². The second-order valence-corrected chi connectivity index (χ2v) is 5.12. The maximum Gasteiger partial charge on any atom is 0.153 e. The van der Waals surface area contributed by atoms with Crippen LogP contribution in [0.3, 0.4) is 0 Å². The molecule has 0 amide bonds. The van der Waals surface area contributed by atoms with Crippen LogP contribution in [0.1, 0.15) is 0 Å². The van der Waals surface area contributed by atoms with Crippen LogP contribution in [-0.2, 0) is 0 Å². The van der Waals surface area contributed by atoms with Gasteiger partial charge in [0.2, 0.25) is 0 Å². The van der Waals surface area contributed by atoms with Crippen LogP contribution in [0.25, 0.3) is 0 Å². The lowest BCUT2D eigenvalue weighted by Gasteiger charge is -2.08. The Morgan fingerprint density at radius 3 is 2.65 bits per heavy atom. The van der Waals surface area contributed by atoms with Crippen LogP contribution < -0.4 is 11.1 Å². The highest BCUT2D eigenvalue weighted by Gasteiger charge is 2.04. The molecule has 0 atom stereocenters. The third-order valence-electron chi connectivity index (χ3n) is 2.07. The fourth-order valence-electron chi connectivity index (χ4n) is 1.27. The highest BCUT2D eigenvalue weighted by atomic mass is 79.9. The fourth-order valence-corrected chi connectivity index (χ4v) is 1.87. The van der Waals surface area contributed by atoms with Gasteiger partial charge in [-0.2, -0.15) is 0 Å². The second-order valence-electron chi connectivity index (χ2n) is 3.35. The Kier molecular flexibility index (Phi) is 3.63. The minimum atomic E-state index is -0.342. The molecule has 3 nitrogen and oxygen atoms in total. The summed E-state index contributed by atoms with van der Waals surface area (Å²) in [5, 5.41) is 2.95. The van der Waals surface area contributed by atoms with Gasteiger partial charge in [-0.15, -0.1) is 0 Å². The molecule has 0 aliphatic heterocycles. The Morgan fingerprint density at radius 1 is 1.24 bits per heavy atom. The highest BCUT2D eigenvalue weighted by molar-refractivity contribution is 9.10. The Labute approximate surface area is 114 Å². The summed E-state index contributed by atoms with van der Waals surface area (Å²) in [6.45, 7) is 0. The van der Waals surface area contributed by atoms with E-state index < -0.39 is 0 Å². The molecule has 0 saturated heterocycles. The van der Waals surface area contributed by atoms with Crippen LogP contribution in [-0.4, -0.2) is 4.98 Å². The molecular weight excluding hydrogens is 353 g/mol. The number of benzene rings is 1. The molecule has 0 unspecified atom stereocenters. The lowest BCUT2D eigenvalue weighted by molar-refractivity contribution is 0.622. The van der Waals surface area contributed by atoms with E-state index in [0.29, 0.717) is 21.7 Å². The lowest BCUT2D eigenvalue weighted by atomic mass is 10.3. The molecule has 0 fully saturated rings. The molecule has 0 spiro atoms. The molecule has 2 aromatic rings. The molecule has 0 bridgehead atoms. The summed E-state index contributed by atoms with van der Waals surface area (Å²) >= 11 is 6.36. The first-order chi connectivity index (χ1) is 8.06. The van der Waals surface area contributed by atoms with Gasteiger partial charge in [0.1, 0.15) is 5.82 Å². The summed E-state index contributed by atoms with van der Waals surface area (Å²) in [4.78, 5) is 4.11. The van der Waals surface area contributed by atoms with Crippen molar-refractivity contribution in [3.8, 4) is 0 Å². The zero-order valence-electron chi connectivity index (χ0n) is 8.55. The zero-order valence-corrected chi connectivity index (χ0v) is 11.7. The maximum atomic E-state index is 13.3. The van der Waals surface area contributed by atoms with E-state index in [-0.39, 0.29) is 5.82 Å². The third-order valence-corrected chi connectivity index (χ3v) is 3.14. The zero-order chi connectivity index (χ0) is 12.4. The monoisotopic (exact) mass is 359 g/mol. The first-order valence-electron chi connectivity index (χ1n) is 4.69. The van der Waals surface area contributed by atoms with E-state index in [1.807, 2.05) is 0 Å². The second kappa shape index (κ2) is 5.01. The molecule has 0 aliphatic rings. The average molecular weight is 361 g/mol. The van der Waals surface area contributed by atoms with Gasteiger partial charge < -0.3 is 11.1 Å². The number of hydrogen-bond acceptors (Lipinski definition) is 3. The normalized spacial score (nSPS) is 10.3. The summed E-state index contributed by atoms with van der Waals surface area (Å²) < 4.78 is 14.5. The predicted octanol–water partition coefficient (Wildman–Crippen LogP) is 4.07. The SMILES string of the molecule is Nc1cc(Br)cnc1Nc1ccc(Br)c(F)c1. The summed E-state index contributed by atoms with van der Waals surface area (Å²) in [7, 11) is 0. The van der Waals surface area contributed by atoms with Gasteiger partial charge in [0.25, 0.3) is 0 Å². The highest BCUT2D eigenvalue weighted by Crippen LogP contribution is 2.25. The van der Waals surface area contributed by atoms with Crippen LogP contribution in [0.4, 0.5) is 21.6 Å². The van der Waals surface area contributed by atoms with E-state index in [4.69, 9.17) is 5.73 Å². The van der Waals surface area contributed by atoms with E-state index >= 15 is 0 Å². The molecule has 88 valence electrons. The molecule has 1 aromatic carbocycles. The van der Waals surface area contributed by atoms with Gasteiger partial charge in [0, 0.05) is 16.4 Å². The van der Waals surface area contributed by atoms with Crippen LogP contribution in [0.2, 0.25) is 0 Å². The third kappa shape index (κ3) is 2.95. The quantitative estimate of drug-likeness (QED) is 0.848. The van der Waals surface area contributed by atoms with E-state index in [1.165, 1.54) is 6.07 Å². The van der Waals surface area contributed by atoms with Crippen LogP contribution in [0.5, 0.6) is 0 Å². The molecule has 0 radical (unpaired) electrons. The number of aromatic nitrogens is 1. The minimum absolute atomic E-state index is 0.342. The van der Waals surface area contributed by atoms with Gasteiger partial charge in [-0.05, 0) is 56.1 Å². The first kappa shape index (κ1) is 12.3. The number of nitrogens with one attached hydrogen (secondary N) is 1. The molecule has 2 rings (SSSR count). The van der Waals surface area contributed by atoms with Gasteiger partial charge in [-0.25, -0.2) is 9.37 Å². The smallest absolute Gasteiger partial charge is 0.153 e. The first-order valence-corrected chi connectivity index (χ1v) is 6.28. The molecule has 1 aromatic heterocycles. The van der Waals surface area contributed by atoms with Crippen molar-refractivity contribution >= 4 is 49.1 Å². The molecular formula is C11H8Br2FN3. The minimum Gasteiger partial charge on any atom is -0.396 e. The van der Waals surface area contributed by atoms with Crippen molar-refractivity contribution in [2.24, 2.45) is 0 Å². The van der Waals surface area contributed by atoms with Gasteiger partial charge in [0.05, 0.1) is 10.2 Å². The van der Waals surface area contributed by atoms with Crippen molar-refractivity contribution in [1.82, 2.24) is 4.98 Å². The average Bonchev–Trinajstić information content (AvgIpc) is 2.27. The Bertz CT molecular complexity index is 560. The van der Waals surface area contributed by atoms with E-state index in [1.54, 1.807) is 24.4 Å². The molecule has 17 heavy (non-hydrogen) atoms. The largest absolute Gasteiger partial charge is 0.396 e. The van der Waals surface area contributed by atoms with Crippen LogP contribution >= 0.6 is 31.9 Å². The van der Waals surface area contributed by atoms with Gasteiger partial charge >= 0.3 is 0 Å². The van der Waals surface area contributed by atoms with Gasteiger partial charge in [-0.1, -0.05) is 0 Å². The predicted molar refractivity (Wildman–Crippen MR) is 73.7 cm³/mol. The molecule has 1 heterocycles. The number of nitrogens with two attached hydrogens (primary N) is 1. The Balaban J connectivity index is 2.28.